The molecule has 110 valence electrons. The summed E-state index contributed by atoms with van der Waals surface area (Å²) in [4.78, 5) is 24.4. The van der Waals surface area contributed by atoms with Crippen molar-refractivity contribution >= 4 is 35.2 Å². The number of fused-ring (bicyclic) bond motifs is 1. The monoisotopic (exact) mass is 306 g/mol. The van der Waals surface area contributed by atoms with E-state index in [4.69, 9.17) is 11.6 Å². The van der Waals surface area contributed by atoms with E-state index in [0.29, 0.717) is 5.02 Å². The Morgan fingerprint density at radius 2 is 2.19 bits per heavy atom. The van der Waals surface area contributed by atoms with Gasteiger partial charge in [-0.3, -0.25) is 4.79 Å². The molecule has 21 heavy (non-hydrogen) atoms. The van der Waals surface area contributed by atoms with Crippen molar-refractivity contribution in [3.05, 3.63) is 47.1 Å². The molecule has 1 unspecified atom stereocenters. The SMILES string of the molecule is COC(=O)/C=C/N1c2cccc(Cl)c2C=CC1NC(C)=O. The van der Waals surface area contributed by atoms with Gasteiger partial charge in [0, 0.05) is 29.8 Å². The van der Waals surface area contributed by atoms with Gasteiger partial charge in [-0.15, -0.1) is 0 Å². The molecule has 0 aromatic heterocycles. The normalized spacial score (nSPS) is 16.7. The van der Waals surface area contributed by atoms with Crippen molar-refractivity contribution in [2.75, 3.05) is 12.0 Å². The third kappa shape index (κ3) is 3.44. The Balaban J connectivity index is 2.40. The predicted molar refractivity (Wildman–Crippen MR) is 81.7 cm³/mol. The van der Waals surface area contributed by atoms with Gasteiger partial charge in [-0.05, 0) is 18.2 Å². The zero-order valence-corrected chi connectivity index (χ0v) is 12.4. The number of carbonyl (C=O) groups excluding carboxylic acids is 2. The summed E-state index contributed by atoms with van der Waals surface area (Å²) in [5.74, 6) is -0.652. The van der Waals surface area contributed by atoms with Crippen LogP contribution in [-0.4, -0.2) is 25.2 Å². The maximum atomic E-state index is 11.3. The molecule has 1 heterocycles. The van der Waals surface area contributed by atoms with Crippen LogP contribution in [-0.2, 0) is 14.3 Å². The fraction of sp³-hybridized carbons (Fsp3) is 0.200. The number of carbonyl (C=O) groups is 2. The summed E-state index contributed by atoms with van der Waals surface area (Å²) in [6.07, 6.45) is 6.11. The molecule has 0 bridgehead atoms. The highest BCUT2D eigenvalue weighted by molar-refractivity contribution is 6.32. The highest BCUT2D eigenvalue weighted by Crippen LogP contribution is 2.33. The molecule has 1 amide bonds. The second-order valence-electron chi connectivity index (χ2n) is 4.42. The number of methoxy groups -OCH3 is 1. The zero-order valence-electron chi connectivity index (χ0n) is 11.7. The summed E-state index contributed by atoms with van der Waals surface area (Å²) >= 11 is 6.17. The Bertz CT molecular complexity index is 625. The second kappa shape index (κ2) is 6.45. The smallest absolute Gasteiger partial charge is 0.331 e. The van der Waals surface area contributed by atoms with Crippen LogP contribution >= 0.6 is 11.6 Å². The van der Waals surface area contributed by atoms with E-state index in [0.717, 1.165) is 11.3 Å². The largest absolute Gasteiger partial charge is 0.466 e. The number of esters is 1. The van der Waals surface area contributed by atoms with Crippen LogP contribution in [0, 0.1) is 0 Å². The van der Waals surface area contributed by atoms with Gasteiger partial charge in [-0.1, -0.05) is 23.7 Å². The molecule has 1 aliphatic rings. The van der Waals surface area contributed by atoms with Gasteiger partial charge < -0.3 is 15.0 Å². The lowest BCUT2D eigenvalue weighted by molar-refractivity contribution is -0.134. The minimum absolute atomic E-state index is 0.174. The number of ether oxygens (including phenoxy) is 1. The number of benzene rings is 1. The van der Waals surface area contributed by atoms with Crippen LogP contribution in [0.5, 0.6) is 0 Å². The number of hydrogen-bond acceptors (Lipinski definition) is 4. The van der Waals surface area contributed by atoms with E-state index in [-0.39, 0.29) is 5.91 Å². The van der Waals surface area contributed by atoms with Gasteiger partial charge in [0.1, 0.15) is 6.17 Å². The molecular weight excluding hydrogens is 292 g/mol. The Morgan fingerprint density at radius 3 is 2.86 bits per heavy atom. The molecule has 6 heteroatoms. The molecule has 1 aliphatic heterocycles. The average Bonchev–Trinajstić information content (AvgIpc) is 2.45. The van der Waals surface area contributed by atoms with Crippen molar-refractivity contribution in [3.8, 4) is 0 Å². The molecular formula is C15H15ClN2O3. The van der Waals surface area contributed by atoms with E-state index < -0.39 is 12.1 Å². The minimum Gasteiger partial charge on any atom is -0.466 e. The Hall–Kier alpha value is -2.27. The first kappa shape index (κ1) is 15.1. The van der Waals surface area contributed by atoms with Crippen LogP contribution in [0.2, 0.25) is 5.02 Å². The third-order valence-corrected chi connectivity index (χ3v) is 3.31. The van der Waals surface area contributed by atoms with Gasteiger partial charge in [-0.25, -0.2) is 4.79 Å². The highest BCUT2D eigenvalue weighted by atomic mass is 35.5. The summed E-state index contributed by atoms with van der Waals surface area (Å²) in [5.41, 5.74) is 1.62. The fourth-order valence-electron chi connectivity index (χ4n) is 2.05. The molecule has 0 radical (unpaired) electrons. The summed E-state index contributed by atoms with van der Waals surface area (Å²) in [7, 11) is 1.30. The van der Waals surface area contributed by atoms with Gasteiger partial charge in [0.25, 0.3) is 0 Å². The Morgan fingerprint density at radius 1 is 1.43 bits per heavy atom. The second-order valence-corrected chi connectivity index (χ2v) is 4.83. The number of amides is 1. The summed E-state index contributed by atoms with van der Waals surface area (Å²) < 4.78 is 4.59. The minimum atomic E-state index is -0.477. The number of nitrogens with zero attached hydrogens (tertiary/aromatic N) is 1. The summed E-state index contributed by atoms with van der Waals surface area (Å²) in [6, 6.07) is 5.46. The number of hydrogen-bond donors (Lipinski definition) is 1. The lowest BCUT2D eigenvalue weighted by Crippen LogP contribution is -2.45. The first-order valence-electron chi connectivity index (χ1n) is 6.31. The third-order valence-electron chi connectivity index (χ3n) is 2.98. The van der Waals surface area contributed by atoms with Gasteiger partial charge >= 0.3 is 5.97 Å². The number of nitrogens with one attached hydrogen (secondary N) is 1. The average molecular weight is 307 g/mol. The highest BCUT2D eigenvalue weighted by Gasteiger charge is 2.22. The zero-order chi connectivity index (χ0) is 15.4. The predicted octanol–water partition coefficient (Wildman–Crippen LogP) is 2.32. The first-order valence-corrected chi connectivity index (χ1v) is 6.69. The van der Waals surface area contributed by atoms with Gasteiger partial charge in [0.15, 0.2) is 0 Å². The summed E-state index contributed by atoms with van der Waals surface area (Å²) in [5, 5.41) is 3.39. The molecule has 0 aliphatic carbocycles. The van der Waals surface area contributed by atoms with Crippen molar-refractivity contribution in [1.29, 1.82) is 0 Å². The van der Waals surface area contributed by atoms with Crippen molar-refractivity contribution in [2.45, 2.75) is 13.1 Å². The van der Waals surface area contributed by atoms with E-state index in [1.165, 1.54) is 20.1 Å². The topological polar surface area (TPSA) is 58.6 Å². The van der Waals surface area contributed by atoms with E-state index in [1.807, 2.05) is 18.2 Å². The van der Waals surface area contributed by atoms with E-state index >= 15 is 0 Å². The number of halogens is 1. The van der Waals surface area contributed by atoms with Crippen LogP contribution in [0.3, 0.4) is 0 Å². The van der Waals surface area contributed by atoms with Gasteiger partial charge in [0.2, 0.25) is 5.91 Å². The van der Waals surface area contributed by atoms with Crippen molar-refractivity contribution < 1.29 is 14.3 Å². The standard InChI is InChI=1S/C15H15ClN2O3/c1-10(19)17-14-7-6-11-12(16)4-3-5-13(11)18(14)9-8-15(20)21-2/h3-9,14H,1-2H3,(H,17,19)/b9-8+. The van der Waals surface area contributed by atoms with E-state index in [1.54, 1.807) is 23.2 Å². The van der Waals surface area contributed by atoms with Crippen LogP contribution in [0.1, 0.15) is 12.5 Å². The van der Waals surface area contributed by atoms with E-state index in [9.17, 15) is 9.59 Å². The molecule has 1 atom stereocenters. The van der Waals surface area contributed by atoms with E-state index in [2.05, 4.69) is 10.1 Å². The molecule has 0 saturated heterocycles. The van der Waals surface area contributed by atoms with Crippen LogP contribution in [0.15, 0.2) is 36.6 Å². The molecule has 1 N–H and O–H groups in total. The van der Waals surface area contributed by atoms with Crippen LogP contribution < -0.4 is 10.2 Å². The fourth-order valence-corrected chi connectivity index (χ4v) is 2.29. The molecule has 0 saturated carbocycles. The molecule has 1 aromatic rings. The maximum Gasteiger partial charge on any atom is 0.331 e. The molecule has 2 rings (SSSR count). The molecule has 0 fully saturated rings. The van der Waals surface area contributed by atoms with Crippen molar-refractivity contribution in [1.82, 2.24) is 5.32 Å². The number of anilines is 1. The number of rotatable bonds is 3. The molecule has 1 aromatic carbocycles. The van der Waals surface area contributed by atoms with Crippen LogP contribution in [0.4, 0.5) is 5.69 Å². The maximum absolute atomic E-state index is 11.3. The van der Waals surface area contributed by atoms with Crippen molar-refractivity contribution in [3.63, 3.8) is 0 Å². The molecule has 5 nitrogen and oxygen atoms in total. The van der Waals surface area contributed by atoms with Crippen LogP contribution in [0.25, 0.3) is 6.08 Å². The van der Waals surface area contributed by atoms with Crippen molar-refractivity contribution in [2.24, 2.45) is 0 Å². The Kier molecular flexibility index (Phi) is 4.65. The Labute approximate surface area is 127 Å². The van der Waals surface area contributed by atoms with Gasteiger partial charge in [-0.2, -0.15) is 0 Å². The first-order chi connectivity index (χ1) is 10.0. The quantitative estimate of drug-likeness (QED) is 0.688. The lowest BCUT2D eigenvalue weighted by Gasteiger charge is -2.33. The van der Waals surface area contributed by atoms with Gasteiger partial charge in [0.05, 0.1) is 12.8 Å². The molecule has 0 spiro atoms. The summed E-state index contributed by atoms with van der Waals surface area (Å²) in [6.45, 7) is 1.43. The lowest BCUT2D eigenvalue weighted by atomic mass is 10.1.